The molecule has 174 valence electrons. The number of imidazole rings is 1. The largest absolute Gasteiger partial charge is 0.380 e. The third kappa shape index (κ3) is 5.29. The summed E-state index contributed by atoms with van der Waals surface area (Å²) in [6.45, 7) is 2.59. The predicted molar refractivity (Wildman–Crippen MR) is 122 cm³/mol. The minimum Gasteiger partial charge on any atom is -0.380 e. The summed E-state index contributed by atoms with van der Waals surface area (Å²) in [7, 11) is 0. The van der Waals surface area contributed by atoms with E-state index in [9.17, 15) is 19.8 Å². The Morgan fingerprint density at radius 3 is 2.88 bits per heavy atom. The van der Waals surface area contributed by atoms with Crippen molar-refractivity contribution >= 4 is 23.2 Å². The highest BCUT2D eigenvalue weighted by atomic mass is 32.1. The highest BCUT2D eigenvalue weighted by Gasteiger charge is 2.39. The second-order valence-electron chi connectivity index (χ2n) is 8.11. The average Bonchev–Trinajstić information content (AvgIpc) is 3.59. The number of aliphatic hydroxyl groups excluding tert-OH is 2. The zero-order valence-electron chi connectivity index (χ0n) is 18.3. The third-order valence-corrected chi connectivity index (χ3v) is 6.74. The van der Waals surface area contributed by atoms with Gasteiger partial charge in [0.1, 0.15) is 10.8 Å². The van der Waals surface area contributed by atoms with Crippen LogP contribution in [0.3, 0.4) is 0 Å². The molecule has 0 saturated carbocycles. The summed E-state index contributed by atoms with van der Waals surface area (Å²) in [5.41, 5.74) is 3.27. The molecule has 2 unspecified atom stereocenters. The number of aromatic amines is 1. The first-order valence-corrected chi connectivity index (χ1v) is 11.7. The maximum absolute atomic E-state index is 12.8. The minimum absolute atomic E-state index is 0.105. The number of carbonyl (C=O) groups excluding carboxylic acids is 2. The van der Waals surface area contributed by atoms with Crippen molar-refractivity contribution < 1.29 is 19.8 Å². The molecule has 1 fully saturated rings. The van der Waals surface area contributed by atoms with Crippen LogP contribution in [-0.4, -0.2) is 60.6 Å². The van der Waals surface area contributed by atoms with Crippen LogP contribution in [0.5, 0.6) is 0 Å². The zero-order chi connectivity index (χ0) is 23.4. The van der Waals surface area contributed by atoms with E-state index in [0.717, 1.165) is 12.1 Å². The van der Waals surface area contributed by atoms with Gasteiger partial charge in [0, 0.05) is 30.7 Å². The van der Waals surface area contributed by atoms with Gasteiger partial charge in [0.15, 0.2) is 12.2 Å². The number of thiazole rings is 1. The van der Waals surface area contributed by atoms with Crippen LogP contribution in [-0.2, 0) is 22.6 Å². The van der Waals surface area contributed by atoms with Crippen LogP contribution in [0.25, 0.3) is 0 Å². The van der Waals surface area contributed by atoms with Gasteiger partial charge in [-0.15, -0.1) is 11.3 Å². The summed E-state index contributed by atoms with van der Waals surface area (Å²) in [6.07, 6.45) is 1.68. The van der Waals surface area contributed by atoms with Crippen LogP contribution in [0.4, 0.5) is 0 Å². The van der Waals surface area contributed by atoms with Crippen molar-refractivity contribution in [1.29, 1.82) is 0 Å². The van der Waals surface area contributed by atoms with Gasteiger partial charge in [0.05, 0.1) is 18.3 Å². The van der Waals surface area contributed by atoms with E-state index in [2.05, 4.69) is 39.3 Å². The van der Waals surface area contributed by atoms with Crippen molar-refractivity contribution in [2.45, 2.75) is 51.0 Å². The van der Waals surface area contributed by atoms with E-state index in [1.165, 1.54) is 27.4 Å². The molecule has 3 heterocycles. The molecular formula is C23H27N5O4S. The first-order chi connectivity index (χ1) is 15.9. The van der Waals surface area contributed by atoms with Gasteiger partial charge < -0.3 is 25.4 Å². The summed E-state index contributed by atoms with van der Waals surface area (Å²) in [5, 5.41) is 25.8. The molecule has 4 rings (SSSR count). The number of likely N-dealkylation sites (tertiary alicyclic amines) is 1. The Morgan fingerprint density at radius 2 is 2.12 bits per heavy atom. The predicted octanol–water partition coefficient (Wildman–Crippen LogP) is 1.47. The van der Waals surface area contributed by atoms with Crippen LogP contribution in [0, 0.1) is 6.92 Å². The topological polar surface area (TPSA) is 131 Å². The van der Waals surface area contributed by atoms with E-state index in [1.807, 2.05) is 17.5 Å². The highest BCUT2D eigenvalue weighted by Crippen LogP contribution is 2.30. The molecule has 4 N–H and O–H groups in total. The molecule has 2 amide bonds. The maximum atomic E-state index is 12.8. The lowest BCUT2D eigenvalue weighted by atomic mass is 10.1. The van der Waals surface area contributed by atoms with Gasteiger partial charge in [-0.2, -0.15) is 0 Å². The number of rotatable bonds is 8. The molecule has 1 saturated heterocycles. The molecule has 9 nitrogen and oxygen atoms in total. The van der Waals surface area contributed by atoms with Gasteiger partial charge in [-0.1, -0.05) is 24.3 Å². The maximum Gasteiger partial charge on any atom is 0.255 e. The molecule has 0 aliphatic carbocycles. The molecule has 1 aromatic carbocycles. The normalized spacial score (nSPS) is 17.7. The van der Waals surface area contributed by atoms with Gasteiger partial charge in [0.2, 0.25) is 0 Å². The fourth-order valence-electron chi connectivity index (χ4n) is 4.00. The SMILES string of the molecule is Cc1ccccc1Cc1csc(CNC(=O)C(O)[C@@H](O)C(=O)N2CCCC2c2ncc[nH]2)n1. The van der Waals surface area contributed by atoms with E-state index in [-0.39, 0.29) is 12.6 Å². The summed E-state index contributed by atoms with van der Waals surface area (Å²) < 4.78 is 0. The van der Waals surface area contributed by atoms with Crippen molar-refractivity contribution in [3.8, 4) is 0 Å². The number of H-pyrrole nitrogens is 1. The Balaban J connectivity index is 1.31. The fourth-order valence-corrected chi connectivity index (χ4v) is 4.74. The summed E-state index contributed by atoms with van der Waals surface area (Å²) in [4.78, 5) is 38.3. The Labute approximate surface area is 195 Å². The van der Waals surface area contributed by atoms with Crippen molar-refractivity contribution in [2.75, 3.05) is 6.54 Å². The number of amides is 2. The highest BCUT2D eigenvalue weighted by molar-refractivity contribution is 7.09. The Hall–Kier alpha value is -3.08. The molecule has 0 radical (unpaired) electrons. The monoisotopic (exact) mass is 469 g/mol. The number of hydrogen-bond acceptors (Lipinski definition) is 7. The smallest absolute Gasteiger partial charge is 0.255 e. The standard InChI is InChI=1S/C23H27N5O4S/c1-14-5-2-3-6-15(14)11-16-13-33-18(27-16)12-26-22(31)19(29)20(30)23(32)28-10-4-7-17(28)21-24-8-9-25-21/h2-3,5-6,8-9,13,17,19-20,29-30H,4,7,10-12H2,1H3,(H,24,25)(H,26,31)/t17?,19?,20-/m1/s1. The summed E-state index contributed by atoms with van der Waals surface area (Å²) >= 11 is 1.41. The number of carbonyl (C=O) groups is 2. The minimum atomic E-state index is -1.87. The molecular weight excluding hydrogens is 442 g/mol. The van der Waals surface area contributed by atoms with Crippen LogP contribution < -0.4 is 5.32 Å². The van der Waals surface area contributed by atoms with Gasteiger partial charge in [-0.25, -0.2) is 9.97 Å². The summed E-state index contributed by atoms with van der Waals surface area (Å²) in [6, 6.07) is 7.78. The molecule has 0 spiro atoms. The van der Waals surface area contributed by atoms with Crippen LogP contribution >= 0.6 is 11.3 Å². The molecule has 3 atom stereocenters. The zero-order valence-corrected chi connectivity index (χ0v) is 19.1. The number of aliphatic hydroxyl groups is 2. The number of hydrogen-bond donors (Lipinski definition) is 4. The lowest BCUT2D eigenvalue weighted by Gasteiger charge is -2.27. The van der Waals surface area contributed by atoms with Gasteiger partial charge >= 0.3 is 0 Å². The Bertz CT molecular complexity index is 1100. The van der Waals surface area contributed by atoms with Crippen LogP contribution in [0.2, 0.25) is 0 Å². The molecule has 3 aromatic rings. The third-order valence-electron chi connectivity index (χ3n) is 5.84. The van der Waals surface area contributed by atoms with Crippen molar-refractivity contribution in [2.24, 2.45) is 0 Å². The van der Waals surface area contributed by atoms with Gasteiger partial charge in [-0.3, -0.25) is 9.59 Å². The second kappa shape index (κ2) is 10.2. The first kappa shape index (κ1) is 23.1. The lowest BCUT2D eigenvalue weighted by molar-refractivity contribution is -0.154. The van der Waals surface area contributed by atoms with Crippen LogP contribution in [0.1, 0.15) is 46.5 Å². The Morgan fingerprint density at radius 1 is 1.30 bits per heavy atom. The molecule has 10 heteroatoms. The van der Waals surface area contributed by atoms with E-state index in [0.29, 0.717) is 30.2 Å². The number of nitrogens with zero attached hydrogens (tertiary/aromatic N) is 3. The van der Waals surface area contributed by atoms with Gasteiger partial charge in [-0.05, 0) is 30.9 Å². The first-order valence-electron chi connectivity index (χ1n) is 10.9. The van der Waals surface area contributed by atoms with Crippen molar-refractivity contribution in [1.82, 2.24) is 25.2 Å². The molecule has 0 bridgehead atoms. The Kier molecular flexibility index (Phi) is 7.17. The summed E-state index contributed by atoms with van der Waals surface area (Å²) in [5.74, 6) is -0.885. The lowest BCUT2D eigenvalue weighted by Crippen LogP contribution is -2.50. The van der Waals surface area contributed by atoms with Crippen LogP contribution in [0.15, 0.2) is 42.0 Å². The molecule has 1 aliphatic rings. The second-order valence-corrected chi connectivity index (χ2v) is 9.05. The quantitative estimate of drug-likeness (QED) is 0.395. The number of nitrogens with one attached hydrogen (secondary N) is 2. The van der Waals surface area contributed by atoms with E-state index < -0.39 is 24.0 Å². The molecule has 2 aromatic heterocycles. The van der Waals surface area contributed by atoms with Crippen molar-refractivity contribution in [3.05, 3.63) is 69.7 Å². The van der Waals surface area contributed by atoms with Crippen molar-refractivity contribution in [3.63, 3.8) is 0 Å². The van der Waals surface area contributed by atoms with Gasteiger partial charge in [0.25, 0.3) is 11.8 Å². The number of aromatic nitrogens is 3. The number of benzene rings is 1. The average molecular weight is 470 g/mol. The molecule has 1 aliphatic heterocycles. The number of aryl methyl sites for hydroxylation is 1. The van der Waals surface area contributed by atoms with E-state index in [4.69, 9.17) is 0 Å². The molecule has 33 heavy (non-hydrogen) atoms. The fraction of sp³-hybridized carbons (Fsp3) is 0.391. The van der Waals surface area contributed by atoms with E-state index >= 15 is 0 Å². The van der Waals surface area contributed by atoms with E-state index in [1.54, 1.807) is 12.4 Å².